The van der Waals surface area contributed by atoms with E-state index in [0.29, 0.717) is 12.8 Å². The van der Waals surface area contributed by atoms with Gasteiger partial charge < -0.3 is 0 Å². The smallest absolute Gasteiger partial charge is 0.154 e. The third-order valence-corrected chi connectivity index (χ3v) is 4.26. The van der Waals surface area contributed by atoms with Crippen molar-refractivity contribution in [1.29, 1.82) is 5.26 Å². The number of nitrogens with zero attached hydrogens (tertiary/aromatic N) is 1. The van der Waals surface area contributed by atoms with E-state index in [1.807, 2.05) is 18.2 Å². The Labute approximate surface area is 104 Å². The number of rotatable bonds is 5. The van der Waals surface area contributed by atoms with Crippen molar-refractivity contribution in [2.24, 2.45) is 0 Å². The number of sulfone groups is 1. The predicted octanol–water partition coefficient (Wildman–Crippen LogP) is 2.67. The zero-order chi connectivity index (χ0) is 12.0. The Bertz CT molecular complexity index is 474. The first-order chi connectivity index (χ1) is 7.53. The minimum atomic E-state index is -3.09. The molecule has 16 heavy (non-hydrogen) atoms. The topological polar surface area (TPSA) is 57.9 Å². The first kappa shape index (κ1) is 13.2. The number of nitriles is 1. The highest BCUT2D eigenvalue weighted by Crippen LogP contribution is 2.13. The maximum Gasteiger partial charge on any atom is 0.154 e. The van der Waals surface area contributed by atoms with Crippen LogP contribution in [0.3, 0.4) is 0 Å². The molecular formula is C11H12BrNO2S. The molecule has 3 nitrogen and oxygen atoms in total. The number of hydrogen-bond donors (Lipinski definition) is 0. The fourth-order valence-corrected chi connectivity index (χ4v) is 2.97. The summed E-state index contributed by atoms with van der Waals surface area (Å²) in [5.41, 5.74) is 0.778. The molecule has 0 N–H and O–H groups in total. The molecule has 0 saturated carbocycles. The molecule has 86 valence electrons. The van der Waals surface area contributed by atoms with Crippen molar-refractivity contribution in [3.8, 4) is 6.07 Å². The number of halogens is 1. The van der Waals surface area contributed by atoms with Gasteiger partial charge in [-0.25, -0.2) is 8.42 Å². The summed E-state index contributed by atoms with van der Waals surface area (Å²) in [4.78, 5) is 0. The van der Waals surface area contributed by atoms with Crippen LogP contribution < -0.4 is 0 Å². The van der Waals surface area contributed by atoms with Gasteiger partial charge in [-0.2, -0.15) is 5.26 Å². The highest BCUT2D eigenvalue weighted by atomic mass is 79.9. The Morgan fingerprint density at radius 1 is 1.25 bits per heavy atom. The van der Waals surface area contributed by atoms with Crippen LogP contribution in [0.1, 0.15) is 18.4 Å². The van der Waals surface area contributed by atoms with Gasteiger partial charge in [0.1, 0.15) is 0 Å². The zero-order valence-corrected chi connectivity index (χ0v) is 11.1. The summed E-state index contributed by atoms with van der Waals surface area (Å²) in [6.45, 7) is 0. The Kier molecular flexibility index (Phi) is 4.97. The molecule has 0 radical (unpaired) electrons. The van der Waals surface area contributed by atoms with E-state index in [1.165, 1.54) is 0 Å². The van der Waals surface area contributed by atoms with Crippen LogP contribution in [-0.4, -0.2) is 14.2 Å². The van der Waals surface area contributed by atoms with Crippen molar-refractivity contribution in [2.45, 2.75) is 18.6 Å². The lowest BCUT2D eigenvalue weighted by atomic mass is 10.2. The summed E-state index contributed by atoms with van der Waals surface area (Å²) in [7, 11) is -3.09. The molecular weight excluding hydrogens is 290 g/mol. The van der Waals surface area contributed by atoms with Crippen molar-refractivity contribution < 1.29 is 8.42 Å². The summed E-state index contributed by atoms with van der Waals surface area (Å²) >= 11 is 3.29. The molecule has 0 aliphatic rings. The van der Waals surface area contributed by atoms with Gasteiger partial charge in [-0.3, -0.25) is 0 Å². The Balaban J connectivity index is 2.59. The average Bonchev–Trinajstić information content (AvgIpc) is 2.21. The van der Waals surface area contributed by atoms with E-state index in [0.717, 1.165) is 10.0 Å². The summed E-state index contributed by atoms with van der Waals surface area (Å²) in [6, 6.07) is 9.15. The molecule has 5 heteroatoms. The molecule has 0 aromatic heterocycles. The first-order valence-corrected chi connectivity index (χ1v) is 7.47. The Hall–Kier alpha value is -0.860. The third-order valence-electron chi connectivity index (χ3n) is 2.04. The van der Waals surface area contributed by atoms with Crippen LogP contribution in [0.15, 0.2) is 28.7 Å². The van der Waals surface area contributed by atoms with Crippen LogP contribution in [0.2, 0.25) is 0 Å². The van der Waals surface area contributed by atoms with Gasteiger partial charge in [0.25, 0.3) is 0 Å². The molecule has 0 unspecified atom stereocenters. The zero-order valence-electron chi connectivity index (χ0n) is 8.69. The van der Waals surface area contributed by atoms with E-state index in [4.69, 9.17) is 5.26 Å². The van der Waals surface area contributed by atoms with Crippen LogP contribution >= 0.6 is 15.9 Å². The van der Waals surface area contributed by atoms with E-state index in [-0.39, 0.29) is 11.5 Å². The van der Waals surface area contributed by atoms with Crippen molar-refractivity contribution in [3.05, 3.63) is 34.3 Å². The van der Waals surface area contributed by atoms with E-state index < -0.39 is 9.84 Å². The quantitative estimate of drug-likeness (QED) is 0.786. The molecule has 0 bridgehead atoms. The largest absolute Gasteiger partial charge is 0.228 e. The third kappa shape index (κ3) is 4.77. The van der Waals surface area contributed by atoms with Gasteiger partial charge in [-0.05, 0) is 24.1 Å². The molecule has 0 atom stereocenters. The maximum atomic E-state index is 11.6. The highest BCUT2D eigenvalue weighted by molar-refractivity contribution is 9.10. The minimum absolute atomic E-state index is 0.0473. The van der Waals surface area contributed by atoms with E-state index in [2.05, 4.69) is 15.9 Å². The maximum absolute atomic E-state index is 11.6. The van der Waals surface area contributed by atoms with Crippen molar-refractivity contribution in [3.63, 3.8) is 0 Å². The highest BCUT2D eigenvalue weighted by Gasteiger charge is 2.11. The van der Waals surface area contributed by atoms with Crippen LogP contribution in [0.5, 0.6) is 0 Å². The second kappa shape index (κ2) is 6.02. The lowest BCUT2D eigenvalue weighted by Gasteiger charge is -2.03. The van der Waals surface area contributed by atoms with Gasteiger partial charge in [0.2, 0.25) is 0 Å². The molecule has 1 aromatic carbocycles. The number of hydrogen-bond acceptors (Lipinski definition) is 3. The molecule has 1 aromatic rings. The molecule has 0 saturated heterocycles. The summed E-state index contributed by atoms with van der Waals surface area (Å²) in [5, 5.41) is 8.33. The predicted molar refractivity (Wildman–Crippen MR) is 66.5 cm³/mol. The minimum Gasteiger partial charge on any atom is -0.228 e. The van der Waals surface area contributed by atoms with Gasteiger partial charge >= 0.3 is 0 Å². The van der Waals surface area contributed by atoms with E-state index in [9.17, 15) is 8.42 Å². The lowest BCUT2D eigenvalue weighted by molar-refractivity contribution is 0.593. The Morgan fingerprint density at radius 2 is 1.88 bits per heavy atom. The van der Waals surface area contributed by atoms with Crippen LogP contribution in [-0.2, 0) is 15.6 Å². The lowest BCUT2D eigenvalue weighted by Crippen LogP contribution is -2.09. The van der Waals surface area contributed by atoms with Crippen LogP contribution in [0.25, 0.3) is 0 Å². The molecule has 0 fully saturated rings. The monoisotopic (exact) mass is 301 g/mol. The van der Waals surface area contributed by atoms with Crippen molar-refractivity contribution in [2.75, 3.05) is 5.75 Å². The standard InChI is InChI=1S/C11H12BrNO2S/c12-11-5-3-10(4-6-11)9-16(14,15)8-2-1-7-13/h3-6H,1-2,8-9H2. The van der Waals surface area contributed by atoms with Crippen molar-refractivity contribution >= 4 is 25.8 Å². The molecule has 0 spiro atoms. The van der Waals surface area contributed by atoms with Crippen LogP contribution in [0.4, 0.5) is 0 Å². The average molecular weight is 302 g/mol. The fourth-order valence-electron chi connectivity index (χ4n) is 1.28. The van der Waals surface area contributed by atoms with Crippen LogP contribution in [0, 0.1) is 11.3 Å². The molecule has 0 aliphatic carbocycles. The number of unbranched alkanes of at least 4 members (excludes halogenated alkanes) is 1. The summed E-state index contributed by atoms with van der Waals surface area (Å²) in [5.74, 6) is 0.127. The summed E-state index contributed by atoms with van der Waals surface area (Å²) in [6.07, 6.45) is 0.703. The fraction of sp³-hybridized carbons (Fsp3) is 0.364. The normalized spacial score (nSPS) is 11.0. The number of benzene rings is 1. The second-order valence-corrected chi connectivity index (χ2v) is 6.58. The molecule has 0 amide bonds. The molecule has 0 aliphatic heterocycles. The van der Waals surface area contributed by atoms with Gasteiger partial charge in [-0.1, -0.05) is 28.1 Å². The first-order valence-electron chi connectivity index (χ1n) is 4.85. The summed E-state index contributed by atoms with van der Waals surface area (Å²) < 4.78 is 24.2. The van der Waals surface area contributed by atoms with E-state index >= 15 is 0 Å². The SMILES string of the molecule is N#CCCCS(=O)(=O)Cc1ccc(Br)cc1. The van der Waals surface area contributed by atoms with Crippen molar-refractivity contribution in [1.82, 2.24) is 0 Å². The van der Waals surface area contributed by atoms with E-state index in [1.54, 1.807) is 12.1 Å². The Morgan fingerprint density at radius 3 is 2.44 bits per heavy atom. The van der Waals surface area contributed by atoms with Gasteiger partial charge in [-0.15, -0.1) is 0 Å². The van der Waals surface area contributed by atoms with Gasteiger partial charge in [0.05, 0.1) is 17.6 Å². The second-order valence-electron chi connectivity index (χ2n) is 3.48. The van der Waals surface area contributed by atoms with Gasteiger partial charge in [0.15, 0.2) is 9.84 Å². The molecule has 1 rings (SSSR count). The van der Waals surface area contributed by atoms with Gasteiger partial charge in [0, 0.05) is 10.9 Å². The molecule has 0 heterocycles.